The van der Waals surface area contributed by atoms with Crippen molar-refractivity contribution >= 4 is 33.9 Å². The fourth-order valence-electron chi connectivity index (χ4n) is 2.61. The van der Waals surface area contributed by atoms with Crippen molar-refractivity contribution in [3.63, 3.8) is 0 Å². The molecule has 0 bridgehead atoms. The summed E-state index contributed by atoms with van der Waals surface area (Å²) in [6.45, 7) is 5.72. The lowest BCUT2D eigenvalue weighted by molar-refractivity contribution is -0.385. The number of furan rings is 1. The average Bonchev–Trinajstić information content (AvgIpc) is 3.37. The number of carbonyl (C=O) groups is 2. The fourth-order valence-corrected chi connectivity index (χ4v) is 3.65. The minimum Gasteiger partial charge on any atom is -0.462 e. The summed E-state index contributed by atoms with van der Waals surface area (Å²) in [5, 5.41) is 17.7. The molecule has 1 amide bonds. The SMILES string of the molecule is CCOC(=O)c1c(NC(=O)c2ccc(Cn3cc([N+](=O)[O-])cn3)o2)sc(C)c1C. The van der Waals surface area contributed by atoms with E-state index in [4.69, 9.17) is 9.15 Å². The number of nitrogens with one attached hydrogen (secondary N) is 1. The first-order valence-corrected chi connectivity index (χ1v) is 9.45. The average molecular weight is 418 g/mol. The Balaban J connectivity index is 1.74. The molecule has 0 spiro atoms. The van der Waals surface area contributed by atoms with Crippen LogP contribution in [-0.2, 0) is 11.3 Å². The first kappa shape index (κ1) is 20.3. The summed E-state index contributed by atoms with van der Waals surface area (Å²) in [5.74, 6) is -0.572. The van der Waals surface area contributed by atoms with Gasteiger partial charge in [0.1, 0.15) is 23.2 Å². The number of thiophene rings is 1. The highest BCUT2D eigenvalue weighted by Gasteiger charge is 2.23. The van der Waals surface area contributed by atoms with Gasteiger partial charge in [0.2, 0.25) is 0 Å². The minimum absolute atomic E-state index is 0.0418. The van der Waals surface area contributed by atoms with Gasteiger partial charge in [-0.15, -0.1) is 11.3 Å². The first-order valence-electron chi connectivity index (χ1n) is 8.64. The molecule has 0 aliphatic carbocycles. The standard InChI is InChI=1S/C18H18N4O6S/c1-4-27-18(24)15-10(2)11(3)29-17(15)20-16(23)14-6-5-13(28-14)9-21-8-12(7-19-21)22(25)26/h5-8H,4,9H2,1-3H3,(H,20,23). The van der Waals surface area contributed by atoms with Crippen LogP contribution >= 0.6 is 11.3 Å². The predicted molar refractivity (Wildman–Crippen MR) is 104 cm³/mol. The van der Waals surface area contributed by atoms with Crippen LogP contribution in [-0.4, -0.2) is 33.2 Å². The summed E-state index contributed by atoms with van der Waals surface area (Å²) >= 11 is 1.28. The molecule has 29 heavy (non-hydrogen) atoms. The highest BCUT2D eigenvalue weighted by Crippen LogP contribution is 2.33. The number of hydrogen-bond donors (Lipinski definition) is 1. The number of anilines is 1. The van der Waals surface area contributed by atoms with Gasteiger partial charge < -0.3 is 14.5 Å². The van der Waals surface area contributed by atoms with E-state index >= 15 is 0 Å². The van der Waals surface area contributed by atoms with E-state index in [0.29, 0.717) is 16.3 Å². The van der Waals surface area contributed by atoms with Crippen molar-refractivity contribution in [2.75, 3.05) is 11.9 Å². The zero-order valence-corrected chi connectivity index (χ0v) is 16.7. The highest BCUT2D eigenvalue weighted by atomic mass is 32.1. The van der Waals surface area contributed by atoms with Gasteiger partial charge in [-0.1, -0.05) is 0 Å². The van der Waals surface area contributed by atoms with E-state index in [0.717, 1.165) is 16.6 Å². The molecule has 152 valence electrons. The van der Waals surface area contributed by atoms with Crippen molar-refractivity contribution in [2.24, 2.45) is 0 Å². The van der Waals surface area contributed by atoms with Gasteiger partial charge in [-0.05, 0) is 38.5 Å². The monoisotopic (exact) mass is 418 g/mol. The van der Waals surface area contributed by atoms with Crippen LogP contribution in [0.1, 0.15) is 44.0 Å². The second-order valence-corrected chi connectivity index (χ2v) is 7.31. The van der Waals surface area contributed by atoms with Crippen LogP contribution in [0.2, 0.25) is 0 Å². The van der Waals surface area contributed by atoms with Crippen LogP contribution in [0.5, 0.6) is 0 Å². The van der Waals surface area contributed by atoms with Crippen molar-refractivity contribution < 1.29 is 23.7 Å². The summed E-state index contributed by atoms with van der Waals surface area (Å²) in [6, 6.07) is 3.07. The number of amides is 1. The van der Waals surface area contributed by atoms with Crippen LogP contribution in [0.15, 0.2) is 28.9 Å². The Labute approximate surface area is 169 Å². The Hall–Kier alpha value is -3.47. The minimum atomic E-state index is -0.545. The Kier molecular flexibility index (Phi) is 5.78. The maximum atomic E-state index is 12.6. The molecule has 0 saturated carbocycles. The molecule has 3 heterocycles. The normalized spacial score (nSPS) is 10.7. The van der Waals surface area contributed by atoms with Crippen molar-refractivity contribution in [3.05, 3.63) is 62.2 Å². The van der Waals surface area contributed by atoms with Gasteiger partial charge in [0.05, 0.1) is 23.6 Å². The van der Waals surface area contributed by atoms with Gasteiger partial charge in [-0.3, -0.25) is 19.6 Å². The Morgan fingerprint density at radius 3 is 2.79 bits per heavy atom. The van der Waals surface area contributed by atoms with Gasteiger partial charge in [0.25, 0.3) is 5.91 Å². The lowest BCUT2D eigenvalue weighted by atomic mass is 10.1. The number of nitrogens with zero attached hydrogens (tertiary/aromatic N) is 3. The Bertz CT molecular complexity index is 1080. The third-order valence-corrected chi connectivity index (χ3v) is 5.25. The molecule has 0 aromatic carbocycles. The second kappa shape index (κ2) is 8.27. The van der Waals surface area contributed by atoms with Crippen LogP contribution < -0.4 is 5.32 Å². The van der Waals surface area contributed by atoms with Crippen LogP contribution in [0.4, 0.5) is 10.7 Å². The second-order valence-electron chi connectivity index (χ2n) is 6.08. The summed E-state index contributed by atoms with van der Waals surface area (Å²) in [4.78, 5) is 35.9. The van der Waals surface area contributed by atoms with Crippen LogP contribution in [0.25, 0.3) is 0 Å². The van der Waals surface area contributed by atoms with Crippen molar-refractivity contribution in [2.45, 2.75) is 27.3 Å². The number of ether oxygens (including phenoxy) is 1. The number of esters is 1. The Morgan fingerprint density at radius 1 is 1.38 bits per heavy atom. The molecule has 0 atom stereocenters. The summed E-state index contributed by atoms with van der Waals surface area (Å²) in [6.07, 6.45) is 2.40. The molecule has 0 radical (unpaired) electrons. The summed E-state index contributed by atoms with van der Waals surface area (Å²) in [5.41, 5.74) is 0.951. The van der Waals surface area contributed by atoms with Gasteiger partial charge >= 0.3 is 11.7 Å². The van der Waals surface area contributed by atoms with E-state index < -0.39 is 16.8 Å². The lowest BCUT2D eigenvalue weighted by Gasteiger charge is -2.06. The summed E-state index contributed by atoms with van der Waals surface area (Å²) < 4.78 is 11.9. The van der Waals surface area contributed by atoms with Gasteiger partial charge in [-0.2, -0.15) is 5.10 Å². The van der Waals surface area contributed by atoms with E-state index in [1.807, 2.05) is 6.92 Å². The Morgan fingerprint density at radius 2 is 2.14 bits per heavy atom. The van der Waals surface area contributed by atoms with Crippen LogP contribution in [0.3, 0.4) is 0 Å². The molecule has 0 aliphatic heterocycles. The molecular weight excluding hydrogens is 400 g/mol. The predicted octanol–water partition coefficient (Wildman–Crippen LogP) is 3.54. The smallest absolute Gasteiger partial charge is 0.341 e. The van der Waals surface area contributed by atoms with Crippen molar-refractivity contribution in [3.8, 4) is 0 Å². The zero-order chi connectivity index (χ0) is 21.1. The van der Waals surface area contributed by atoms with Crippen LogP contribution in [0, 0.1) is 24.0 Å². The number of nitro groups is 1. The third kappa shape index (κ3) is 4.35. The zero-order valence-electron chi connectivity index (χ0n) is 15.9. The van der Waals surface area contributed by atoms with Gasteiger partial charge in [-0.25, -0.2) is 4.79 Å². The van der Waals surface area contributed by atoms with E-state index in [9.17, 15) is 19.7 Å². The molecule has 0 fully saturated rings. The maximum Gasteiger partial charge on any atom is 0.341 e. The lowest BCUT2D eigenvalue weighted by Crippen LogP contribution is -2.14. The molecule has 0 aliphatic rings. The number of aromatic nitrogens is 2. The molecule has 10 nitrogen and oxygen atoms in total. The molecule has 0 unspecified atom stereocenters. The van der Waals surface area contributed by atoms with E-state index in [-0.39, 0.29) is 24.6 Å². The van der Waals surface area contributed by atoms with Crippen molar-refractivity contribution in [1.82, 2.24) is 9.78 Å². The third-order valence-electron chi connectivity index (χ3n) is 4.13. The highest BCUT2D eigenvalue weighted by molar-refractivity contribution is 7.16. The van der Waals surface area contributed by atoms with Crippen molar-refractivity contribution in [1.29, 1.82) is 0 Å². The molecule has 3 aromatic heterocycles. The number of carbonyl (C=O) groups excluding carboxylic acids is 2. The summed E-state index contributed by atoms with van der Waals surface area (Å²) in [7, 11) is 0. The number of hydrogen-bond acceptors (Lipinski definition) is 8. The van der Waals surface area contributed by atoms with Gasteiger partial charge in [0.15, 0.2) is 5.76 Å². The first-order chi connectivity index (χ1) is 13.8. The molecule has 3 aromatic rings. The topological polar surface area (TPSA) is 130 Å². The van der Waals surface area contributed by atoms with E-state index in [1.165, 1.54) is 28.3 Å². The molecule has 3 rings (SSSR count). The largest absolute Gasteiger partial charge is 0.462 e. The van der Waals surface area contributed by atoms with E-state index in [1.54, 1.807) is 19.9 Å². The molecule has 1 N–H and O–H groups in total. The fraction of sp³-hybridized carbons (Fsp3) is 0.278. The molecular formula is C18H18N4O6S. The van der Waals surface area contributed by atoms with Gasteiger partial charge in [0, 0.05) is 4.88 Å². The quantitative estimate of drug-likeness (QED) is 0.353. The number of aryl methyl sites for hydroxylation is 1. The molecule has 0 saturated heterocycles. The molecule has 11 heteroatoms. The maximum absolute atomic E-state index is 12.6. The number of rotatable bonds is 7. The van der Waals surface area contributed by atoms with E-state index in [2.05, 4.69) is 10.4 Å².